The van der Waals surface area contributed by atoms with Crippen LogP contribution in [0.25, 0.3) is 0 Å². The van der Waals surface area contributed by atoms with Crippen molar-refractivity contribution in [1.82, 2.24) is 9.97 Å². The molecular weight excluding hydrogens is 568 g/mol. The second-order valence-corrected chi connectivity index (χ2v) is 12.0. The van der Waals surface area contributed by atoms with Gasteiger partial charge in [-0.05, 0) is 60.9 Å². The Bertz CT molecular complexity index is 1760. The Morgan fingerprint density at radius 1 is 0.929 bits per heavy atom. The summed E-state index contributed by atoms with van der Waals surface area (Å²) in [5.74, 6) is -2.60. The Balaban J connectivity index is 1.23. The van der Waals surface area contributed by atoms with Crippen LogP contribution in [0.2, 0.25) is 0 Å². The third kappa shape index (κ3) is 6.86. The van der Waals surface area contributed by atoms with Crippen molar-refractivity contribution < 1.29 is 31.5 Å². The molecule has 0 atom stereocenters. The van der Waals surface area contributed by atoms with Crippen molar-refractivity contribution in [1.29, 1.82) is 0 Å². The first-order valence-corrected chi connectivity index (χ1v) is 14.8. The lowest BCUT2D eigenvalue weighted by molar-refractivity contribution is -0.131. The predicted octanol–water partition coefficient (Wildman–Crippen LogP) is 5.19. The van der Waals surface area contributed by atoms with Crippen LogP contribution >= 0.6 is 0 Å². The molecule has 10 nitrogen and oxygen atoms in total. The maximum Gasteiger partial charge on any atom is 0.240 e. The Labute approximate surface area is 240 Å². The Kier molecular flexibility index (Phi) is 7.85. The second-order valence-electron chi connectivity index (χ2n) is 9.82. The molecule has 1 fully saturated rings. The molecule has 216 valence electrons. The Morgan fingerprint density at radius 3 is 2.26 bits per heavy atom. The minimum Gasteiger partial charge on any atom is -0.436 e. The van der Waals surface area contributed by atoms with Gasteiger partial charge in [0.1, 0.15) is 11.2 Å². The van der Waals surface area contributed by atoms with Crippen molar-refractivity contribution in [2.45, 2.75) is 18.6 Å². The van der Waals surface area contributed by atoms with Crippen LogP contribution in [0, 0.1) is 17.0 Å². The monoisotopic (exact) mass is 593 g/mol. The van der Waals surface area contributed by atoms with Gasteiger partial charge in [-0.3, -0.25) is 9.59 Å². The molecule has 0 radical (unpaired) electrons. The molecule has 5 rings (SSSR count). The number of nitrogens with one attached hydrogen (secondary N) is 3. The van der Waals surface area contributed by atoms with Crippen molar-refractivity contribution in [2.24, 2.45) is 5.41 Å². The van der Waals surface area contributed by atoms with E-state index in [1.807, 2.05) is 0 Å². The summed E-state index contributed by atoms with van der Waals surface area (Å²) < 4.78 is 57.2. The van der Waals surface area contributed by atoms with Crippen LogP contribution in [-0.4, -0.2) is 36.5 Å². The Hall–Kier alpha value is -4.91. The standard InChI is InChI=1S/C29H25F2N5O5S/c1-42(39,40)17-18-4-2-3-5-23(18)35-28-32-15-12-25(36-28)41-24-11-10-21(16-22(24)31)34-27(38)29(13-14-29)26(37)33-20-8-6-19(30)7-9-20/h2-12,15-16H,13-14,17H2,1H3,(H,33,37)(H,34,38)(H,32,35,36). The van der Waals surface area contributed by atoms with Crippen LogP contribution in [0.4, 0.5) is 31.8 Å². The molecule has 1 heterocycles. The van der Waals surface area contributed by atoms with E-state index < -0.39 is 38.7 Å². The molecule has 0 aliphatic heterocycles. The molecule has 0 saturated heterocycles. The molecule has 0 bridgehead atoms. The third-order valence-corrected chi connectivity index (χ3v) is 7.27. The number of hydrogen-bond acceptors (Lipinski definition) is 8. The number of hydrogen-bond donors (Lipinski definition) is 3. The summed E-state index contributed by atoms with van der Waals surface area (Å²) in [6.45, 7) is 0. The zero-order valence-corrected chi connectivity index (χ0v) is 23.0. The van der Waals surface area contributed by atoms with Crippen LogP contribution in [0.1, 0.15) is 18.4 Å². The minimum atomic E-state index is -3.28. The highest BCUT2D eigenvalue weighted by Crippen LogP contribution is 2.47. The lowest BCUT2D eigenvalue weighted by Gasteiger charge is -2.16. The number of amides is 2. The Morgan fingerprint density at radius 2 is 1.60 bits per heavy atom. The zero-order valence-electron chi connectivity index (χ0n) is 22.2. The summed E-state index contributed by atoms with van der Waals surface area (Å²) >= 11 is 0. The molecule has 3 N–H and O–H groups in total. The first kappa shape index (κ1) is 28.6. The highest BCUT2D eigenvalue weighted by molar-refractivity contribution is 7.89. The fourth-order valence-corrected chi connectivity index (χ4v) is 4.94. The molecule has 1 aliphatic rings. The van der Waals surface area contributed by atoms with Crippen LogP contribution in [0.5, 0.6) is 11.6 Å². The molecule has 13 heteroatoms. The molecule has 0 unspecified atom stereocenters. The molecule has 1 aromatic heterocycles. The van der Waals surface area contributed by atoms with Gasteiger partial charge in [-0.1, -0.05) is 18.2 Å². The van der Waals surface area contributed by atoms with E-state index in [9.17, 15) is 26.8 Å². The molecular formula is C29H25F2N5O5S. The number of sulfone groups is 1. The molecule has 4 aromatic rings. The number of carbonyl (C=O) groups is 2. The number of aromatic nitrogens is 2. The van der Waals surface area contributed by atoms with Gasteiger partial charge in [0.05, 0.1) is 5.75 Å². The molecule has 3 aromatic carbocycles. The van der Waals surface area contributed by atoms with Gasteiger partial charge in [0, 0.05) is 41.6 Å². The van der Waals surface area contributed by atoms with E-state index in [0.29, 0.717) is 29.8 Å². The maximum atomic E-state index is 14.9. The summed E-state index contributed by atoms with van der Waals surface area (Å²) in [5.41, 5.74) is 0.197. The van der Waals surface area contributed by atoms with E-state index in [0.717, 1.165) is 12.3 Å². The van der Waals surface area contributed by atoms with Gasteiger partial charge in [0.25, 0.3) is 0 Å². The number of halogens is 2. The van der Waals surface area contributed by atoms with Crippen LogP contribution in [0.15, 0.2) is 79.0 Å². The van der Waals surface area contributed by atoms with Crippen LogP contribution < -0.4 is 20.7 Å². The summed E-state index contributed by atoms with van der Waals surface area (Å²) in [6, 6.07) is 17.2. The average Bonchev–Trinajstić information content (AvgIpc) is 3.75. The fraction of sp³-hybridized carbons (Fsp3) is 0.172. The van der Waals surface area contributed by atoms with Crippen molar-refractivity contribution in [3.63, 3.8) is 0 Å². The first-order chi connectivity index (χ1) is 20.0. The number of benzene rings is 3. The summed E-state index contributed by atoms with van der Waals surface area (Å²) in [7, 11) is -3.28. The molecule has 1 aliphatic carbocycles. The van der Waals surface area contributed by atoms with Crippen molar-refractivity contribution in [2.75, 3.05) is 22.2 Å². The minimum absolute atomic E-state index is 0.0122. The number of rotatable bonds is 10. The smallest absolute Gasteiger partial charge is 0.240 e. The average molecular weight is 594 g/mol. The zero-order chi connectivity index (χ0) is 29.9. The molecule has 0 spiro atoms. The SMILES string of the molecule is CS(=O)(=O)Cc1ccccc1Nc1nccc(Oc2ccc(NC(=O)C3(C(=O)Nc4ccc(F)cc4)CC3)cc2F)n1. The summed E-state index contributed by atoms with van der Waals surface area (Å²) in [4.78, 5) is 34.0. The van der Waals surface area contributed by atoms with Gasteiger partial charge in [0.2, 0.25) is 23.6 Å². The first-order valence-electron chi connectivity index (χ1n) is 12.7. The van der Waals surface area contributed by atoms with Crippen molar-refractivity contribution in [3.05, 3.63) is 96.2 Å². The highest BCUT2D eigenvalue weighted by Gasteiger charge is 2.56. The number of ether oxygens (including phenoxy) is 1. The van der Waals surface area contributed by atoms with E-state index in [4.69, 9.17) is 4.74 Å². The highest BCUT2D eigenvalue weighted by atomic mass is 32.2. The molecule has 1 saturated carbocycles. The van der Waals surface area contributed by atoms with Gasteiger partial charge < -0.3 is 20.7 Å². The van der Waals surface area contributed by atoms with Gasteiger partial charge in [-0.25, -0.2) is 22.2 Å². The predicted molar refractivity (Wildman–Crippen MR) is 152 cm³/mol. The number of carbonyl (C=O) groups excluding carboxylic acids is 2. The number of para-hydroxylation sites is 1. The fourth-order valence-electron chi connectivity index (χ4n) is 4.12. The lowest BCUT2D eigenvalue weighted by Crippen LogP contribution is -2.35. The normalized spacial score (nSPS) is 13.6. The van der Waals surface area contributed by atoms with Crippen molar-refractivity contribution >= 4 is 44.7 Å². The van der Waals surface area contributed by atoms with Crippen LogP contribution in [-0.2, 0) is 25.2 Å². The van der Waals surface area contributed by atoms with E-state index in [2.05, 4.69) is 25.9 Å². The van der Waals surface area contributed by atoms with E-state index in [1.165, 1.54) is 48.7 Å². The van der Waals surface area contributed by atoms with E-state index >= 15 is 0 Å². The molecule has 42 heavy (non-hydrogen) atoms. The maximum absolute atomic E-state index is 14.9. The number of nitrogens with zero attached hydrogens (tertiary/aromatic N) is 2. The quantitative estimate of drug-likeness (QED) is 0.214. The largest absolute Gasteiger partial charge is 0.436 e. The summed E-state index contributed by atoms with van der Waals surface area (Å²) in [5, 5.41) is 8.15. The van der Waals surface area contributed by atoms with Crippen molar-refractivity contribution in [3.8, 4) is 11.6 Å². The second kappa shape index (κ2) is 11.5. The van der Waals surface area contributed by atoms with Gasteiger partial charge in [-0.2, -0.15) is 4.98 Å². The lowest BCUT2D eigenvalue weighted by atomic mass is 10.0. The van der Waals surface area contributed by atoms with Crippen LogP contribution in [0.3, 0.4) is 0 Å². The van der Waals surface area contributed by atoms with Gasteiger partial charge >= 0.3 is 0 Å². The van der Waals surface area contributed by atoms with E-state index in [-0.39, 0.29) is 29.0 Å². The van der Waals surface area contributed by atoms with Gasteiger partial charge in [0.15, 0.2) is 21.4 Å². The number of anilines is 4. The third-order valence-electron chi connectivity index (χ3n) is 6.44. The molecule has 2 amide bonds. The van der Waals surface area contributed by atoms with E-state index in [1.54, 1.807) is 24.3 Å². The topological polar surface area (TPSA) is 139 Å². The van der Waals surface area contributed by atoms with Gasteiger partial charge in [-0.15, -0.1) is 0 Å². The summed E-state index contributed by atoms with van der Waals surface area (Å²) in [6.07, 6.45) is 3.16.